The number of nitrogens with two attached hydrogens (primary N) is 1. The summed E-state index contributed by atoms with van der Waals surface area (Å²) in [6.45, 7) is 0. The van der Waals surface area contributed by atoms with E-state index in [0.29, 0.717) is 12.8 Å². The van der Waals surface area contributed by atoms with Crippen LogP contribution in [0, 0.1) is 0 Å². The third kappa shape index (κ3) is 2.59. The fraction of sp³-hybridized carbons (Fsp3) is 0.294. The van der Waals surface area contributed by atoms with Crippen molar-refractivity contribution in [3.63, 3.8) is 0 Å². The average molecular weight is 348 g/mol. The lowest BCUT2D eigenvalue weighted by Gasteiger charge is -2.25. The molecule has 3 nitrogen and oxygen atoms in total. The molecule has 0 aromatic heterocycles. The maximum Gasteiger partial charge on any atom is 0.122 e. The molecule has 0 saturated heterocycles. The third-order valence-corrected chi connectivity index (χ3v) is 4.64. The number of rotatable bonds is 3. The predicted octanol–water partition coefficient (Wildman–Crippen LogP) is 3.29. The average Bonchev–Trinajstić information content (AvgIpc) is 2.71. The van der Waals surface area contributed by atoms with Gasteiger partial charge in [0.2, 0.25) is 0 Å². The van der Waals surface area contributed by atoms with Crippen molar-refractivity contribution in [2.75, 3.05) is 7.11 Å². The molecule has 0 radical (unpaired) electrons. The van der Waals surface area contributed by atoms with Gasteiger partial charge in [0.25, 0.3) is 0 Å². The highest BCUT2D eigenvalue weighted by molar-refractivity contribution is 9.10. The number of fused-ring (bicyclic) bond motifs is 1. The second kappa shape index (κ2) is 5.44. The summed E-state index contributed by atoms with van der Waals surface area (Å²) in [5.74, 6) is 0.782. The molecule has 0 aliphatic heterocycles. The number of hydrogen-bond acceptors (Lipinski definition) is 3. The van der Waals surface area contributed by atoms with Crippen molar-refractivity contribution >= 4 is 15.9 Å². The van der Waals surface area contributed by atoms with Gasteiger partial charge in [0.05, 0.1) is 12.7 Å². The summed E-state index contributed by atoms with van der Waals surface area (Å²) in [7, 11) is 1.64. The molecule has 2 unspecified atom stereocenters. The van der Waals surface area contributed by atoms with Crippen molar-refractivity contribution in [3.05, 3.63) is 63.6 Å². The van der Waals surface area contributed by atoms with Gasteiger partial charge in [0.15, 0.2) is 0 Å². The molecule has 1 aliphatic carbocycles. The molecule has 3 rings (SSSR count). The zero-order valence-electron chi connectivity index (χ0n) is 11.8. The quantitative estimate of drug-likeness (QED) is 0.895. The summed E-state index contributed by atoms with van der Waals surface area (Å²) >= 11 is 3.47. The molecular weight excluding hydrogens is 330 g/mol. The monoisotopic (exact) mass is 347 g/mol. The topological polar surface area (TPSA) is 55.5 Å². The summed E-state index contributed by atoms with van der Waals surface area (Å²) in [6, 6.07) is 13.6. The molecule has 2 atom stereocenters. The normalized spacial score (nSPS) is 23.9. The van der Waals surface area contributed by atoms with E-state index >= 15 is 0 Å². The van der Waals surface area contributed by atoms with Gasteiger partial charge in [-0.05, 0) is 41.3 Å². The van der Waals surface area contributed by atoms with Crippen LogP contribution in [0.5, 0.6) is 5.75 Å². The van der Waals surface area contributed by atoms with E-state index in [4.69, 9.17) is 10.5 Å². The zero-order valence-corrected chi connectivity index (χ0v) is 13.4. The summed E-state index contributed by atoms with van der Waals surface area (Å²) in [6.07, 6.45) is 1.02. The molecule has 110 valence electrons. The minimum atomic E-state index is -0.940. The summed E-state index contributed by atoms with van der Waals surface area (Å²) in [4.78, 5) is 0. The molecule has 0 bridgehead atoms. The molecule has 0 amide bonds. The second-order valence-electron chi connectivity index (χ2n) is 5.56. The molecule has 2 aromatic rings. The van der Waals surface area contributed by atoms with Crippen molar-refractivity contribution in [2.24, 2.45) is 5.73 Å². The van der Waals surface area contributed by atoms with E-state index in [-0.39, 0.29) is 6.04 Å². The van der Waals surface area contributed by atoms with Crippen LogP contribution in [0.15, 0.2) is 46.9 Å². The smallest absolute Gasteiger partial charge is 0.122 e. The molecule has 21 heavy (non-hydrogen) atoms. The van der Waals surface area contributed by atoms with Crippen LogP contribution < -0.4 is 10.5 Å². The lowest BCUT2D eigenvalue weighted by atomic mass is 9.88. The van der Waals surface area contributed by atoms with E-state index in [1.165, 1.54) is 0 Å². The van der Waals surface area contributed by atoms with Gasteiger partial charge >= 0.3 is 0 Å². The molecule has 0 fully saturated rings. The van der Waals surface area contributed by atoms with E-state index in [1.807, 2.05) is 42.5 Å². The SMILES string of the molecule is COc1ccc(Br)cc1CC1(O)CC(N)c2ccccc21. The van der Waals surface area contributed by atoms with Crippen molar-refractivity contribution in [1.82, 2.24) is 0 Å². The molecule has 0 saturated carbocycles. The minimum Gasteiger partial charge on any atom is -0.496 e. The fourth-order valence-corrected chi connectivity index (χ4v) is 3.60. The van der Waals surface area contributed by atoms with Gasteiger partial charge in [-0.1, -0.05) is 40.2 Å². The fourth-order valence-electron chi connectivity index (χ4n) is 3.20. The number of methoxy groups -OCH3 is 1. The Morgan fingerprint density at radius 1 is 1.33 bits per heavy atom. The zero-order chi connectivity index (χ0) is 15.0. The second-order valence-corrected chi connectivity index (χ2v) is 6.48. The maximum absolute atomic E-state index is 11.1. The van der Waals surface area contributed by atoms with E-state index in [2.05, 4.69) is 15.9 Å². The Balaban J connectivity index is 2.01. The minimum absolute atomic E-state index is 0.121. The van der Waals surface area contributed by atoms with Crippen LogP contribution in [0.2, 0.25) is 0 Å². The lowest BCUT2D eigenvalue weighted by Crippen LogP contribution is -2.26. The van der Waals surface area contributed by atoms with Crippen LogP contribution in [-0.4, -0.2) is 12.2 Å². The van der Waals surface area contributed by atoms with E-state index in [0.717, 1.165) is 26.9 Å². The Bertz CT molecular complexity index is 674. The largest absolute Gasteiger partial charge is 0.496 e. The molecule has 3 N–H and O–H groups in total. The highest BCUT2D eigenvalue weighted by atomic mass is 79.9. The number of benzene rings is 2. The molecule has 0 heterocycles. The van der Waals surface area contributed by atoms with Crippen LogP contribution in [-0.2, 0) is 12.0 Å². The number of halogens is 1. The molecular formula is C17H18BrNO2. The van der Waals surface area contributed by atoms with Crippen molar-refractivity contribution < 1.29 is 9.84 Å². The Kier molecular flexibility index (Phi) is 3.78. The third-order valence-electron chi connectivity index (χ3n) is 4.14. The predicted molar refractivity (Wildman–Crippen MR) is 86.3 cm³/mol. The highest BCUT2D eigenvalue weighted by Crippen LogP contribution is 2.45. The first-order valence-electron chi connectivity index (χ1n) is 6.93. The molecule has 1 aliphatic rings. The summed E-state index contributed by atoms with van der Waals surface area (Å²) in [5, 5.41) is 11.1. The first-order chi connectivity index (χ1) is 10.0. The molecule has 2 aromatic carbocycles. The highest BCUT2D eigenvalue weighted by Gasteiger charge is 2.41. The van der Waals surface area contributed by atoms with Gasteiger partial charge in [0, 0.05) is 16.9 Å². The van der Waals surface area contributed by atoms with Gasteiger partial charge < -0.3 is 15.6 Å². The Morgan fingerprint density at radius 3 is 2.86 bits per heavy atom. The first kappa shape index (κ1) is 14.6. The maximum atomic E-state index is 11.1. The van der Waals surface area contributed by atoms with Gasteiger partial charge in [0.1, 0.15) is 5.75 Å². The number of hydrogen-bond donors (Lipinski definition) is 2. The van der Waals surface area contributed by atoms with E-state index in [9.17, 15) is 5.11 Å². The Hall–Kier alpha value is -1.36. The van der Waals surface area contributed by atoms with Crippen LogP contribution in [0.3, 0.4) is 0 Å². The van der Waals surface area contributed by atoms with Crippen LogP contribution in [0.25, 0.3) is 0 Å². The van der Waals surface area contributed by atoms with Gasteiger partial charge in [-0.3, -0.25) is 0 Å². The Labute approximate surface area is 132 Å². The number of ether oxygens (including phenoxy) is 1. The lowest BCUT2D eigenvalue weighted by molar-refractivity contribution is 0.0336. The Morgan fingerprint density at radius 2 is 2.10 bits per heavy atom. The first-order valence-corrected chi connectivity index (χ1v) is 7.72. The van der Waals surface area contributed by atoms with Gasteiger partial charge in [-0.25, -0.2) is 0 Å². The van der Waals surface area contributed by atoms with Crippen LogP contribution >= 0.6 is 15.9 Å². The molecule has 4 heteroatoms. The van der Waals surface area contributed by atoms with Crippen molar-refractivity contribution in [3.8, 4) is 5.75 Å². The van der Waals surface area contributed by atoms with E-state index < -0.39 is 5.60 Å². The van der Waals surface area contributed by atoms with Crippen LogP contribution in [0.1, 0.15) is 29.2 Å². The summed E-state index contributed by atoms with van der Waals surface area (Å²) < 4.78 is 6.38. The number of aliphatic hydroxyl groups is 1. The van der Waals surface area contributed by atoms with Gasteiger partial charge in [-0.2, -0.15) is 0 Å². The standard InChI is InChI=1S/C17H18BrNO2/c1-21-16-7-6-12(18)8-11(16)9-17(20)10-15(19)13-4-2-3-5-14(13)17/h2-8,15,20H,9-10,19H2,1H3. The van der Waals surface area contributed by atoms with E-state index in [1.54, 1.807) is 7.11 Å². The van der Waals surface area contributed by atoms with Crippen LogP contribution in [0.4, 0.5) is 0 Å². The van der Waals surface area contributed by atoms with Crippen molar-refractivity contribution in [2.45, 2.75) is 24.5 Å². The summed E-state index contributed by atoms with van der Waals surface area (Å²) in [5.41, 5.74) is 8.17. The van der Waals surface area contributed by atoms with Gasteiger partial charge in [-0.15, -0.1) is 0 Å². The molecule has 0 spiro atoms. The van der Waals surface area contributed by atoms with Crippen molar-refractivity contribution in [1.29, 1.82) is 0 Å².